The predicted molar refractivity (Wildman–Crippen MR) is 58.8 cm³/mol. The van der Waals surface area contributed by atoms with Crippen LogP contribution in [0.1, 0.15) is 20.3 Å². The molecule has 2 rings (SSSR count). The van der Waals surface area contributed by atoms with E-state index in [4.69, 9.17) is 15.2 Å². The van der Waals surface area contributed by atoms with Crippen LogP contribution < -0.4 is 5.73 Å². The van der Waals surface area contributed by atoms with Crippen LogP contribution in [0, 0.1) is 0 Å². The van der Waals surface area contributed by atoms with Gasteiger partial charge in [-0.25, -0.2) is 0 Å². The molecule has 2 aliphatic heterocycles. The van der Waals surface area contributed by atoms with Gasteiger partial charge < -0.3 is 15.2 Å². The van der Waals surface area contributed by atoms with E-state index < -0.39 is 0 Å². The summed E-state index contributed by atoms with van der Waals surface area (Å²) in [7, 11) is 0. The number of ether oxygens (including phenoxy) is 2. The minimum atomic E-state index is 0.0846. The van der Waals surface area contributed by atoms with Crippen molar-refractivity contribution in [2.45, 2.75) is 37.9 Å². The van der Waals surface area contributed by atoms with Gasteiger partial charge in [-0.3, -0.25) is 4.90 Å². The van der Waals surface area contributed by atoms with E-state index >= 15 is 0 Å². The quantitative estimate of drug-likeness (QED) is 0.678. The summed E-state index contributed by atoms with van der Waals surface area (Å²) in [5, 5.41) is 0. The fraction of sp³-hybridized carbons (Fsp3) is 1.00. The first-order valence-corrected chi connectivity index (χ1v) is 5.79. The molecule has 0 aromatic heterocycles. The molecule has 2 heterocycles. The minimum Gasteiger partial charge on any atom is -0.380 e. The molecule has 2 N–H and O–H groups in total. The minimum absolute atomic E-state index is 0.0846. The maximum absolute atomic E-state index is 6.17. The summed E-state index contributed by atoms with van der Waals surface area (Å²) in [6.45, 7) is 8.58. The maximum atomic E-state index is 6.17. The summed E-state index contributed by atoms with van der Waals surface area (Å²) < 4.78 is 11.1. The lowest BCUT2D eigenvalue weighted by Gasteiger charge is -2.49. The standard InChI is InChI=1S/C11H22N2O2/c1-11(2)8-15-6-4-13(11)10-7-14-5-3-9(10)12/h9-10H,3-8,12H2,1-2H3. The first-order chi connectivity index (χ1) is 7.11. The van der Waals surface area contributed by atoms with E-state index in [1.807, 2.05) is 0 Å². The lowest BCUT2D eigenvalue weighted by Crippen LogP contribution is -2.64. The van der Waals surface area contributed by atoms with Crippen LogP contribution in [0.5, 0.6) is 0 Å². The lowest BCUT2D eigenvalue weighted by atomic mass is 9.94. The lowest BCUT2D eigenvalue weighted by molar-refractivity contribution is -0.104. The highest BCUT2D eigenvalue weighted by Crippen LogP contribution is 2.25. The number of morpholine rings is 1. The molecule has 0 aromatic rings. The molecule has 0 amide bonds. The van der Waals surface area contributed by atoms with Crippen LogP contribution in [0.4, 0.5) is 0 Å². The third-order valence-corrected chi connectivity index (χ3v) is 3.49. The Balaban J connectivity index is 2.06. The highest BCUT2D eigenvalue weighted by Gasteiger charge is 2.39. The molecule has 0 spiro atoms. The molecule has 2 atom stereocenters. The number of nitrogens with two attached hydrogens (primary N) is 1. The molecule has 4 heteroatoms. The zero-order valence-electron chi connectivity index (χ0n) is 9.74. The molecule has 0 radical (unpaired) electrons. The van der Waals surface area contributed by atoms with Gasteiger partial charge in [-0.05, 0) is 20.3 Å². The Labute approximate surface area is 91.7 Å². The second-order valence-electron chi connectivity index (χ2n) is 5.15. The van der Waals surface area contributed by atoms with Gasteiger partial charge >= 0.3 is 0 Å². The third kappa shape index (κ3) is 2.33. The van der Waals surface area contributed by atoms with Gasteiger partial charge in [0.25, 0.3) is 0 Å². The van der Waals surface area contributed by atoms with E-state index in [0.717, 1.165) is 39.4 Å². The molecule has 88 valence electrons. The van der Waals surface area contributed by atoms with Gasteiger partial charge in [0.1, 0.15) is 0 Å². The second-order valence-corrected chi connectivity index (χ2v) is 5.15. The van der Waals surface area contributed by atoms with Crippen molar-refractivity contribution < 1.29 is 9.47 Å². The van der Waals surface area contributed by atoms with Crippen molar-refractivity contribution in [2.75, 3.05) is 33.0 Å². The average molecular weight is 214 g/mol. The summed E-state index contributed by atoms with van der Waals surface area (Å²) in [6, 6.07) is 0.605. The Morgan fingerprint density at radius 1 is 1.27 bits per heavy atom. The van der Waals surface area contributed by atoms with Crippen LogP contribution in [0.25, 0.3) is 0 Å². The van der Waals surface area contributed by atoms with Gasteiger partial charge in [0.05, 0.1) is 19.8 Å². The van der Waals surface area contributed by atoms with Gasteiger partial charge in [0.2, 0.25) is 0 Å². The maximum Gasteiger partial charge on any atom is 0.0645 e. The Hall–Kier alpha value is -0.160. The van der Waals surface area contributed by atoms with Crippen molar-refractivity contribution in [3.8, 4) is 0 Å². The zero-order chi connectivity index (χ0) is 10.9. The SMILES string of the molecule is CC1(C)COCCN1C1COCCC1N. The van der Waals surface area contributed by atoms with Crippen LogP contribution in [-0.4, -0.2) is 55.5 Å². The number of nitrogens with zero attached hydrogens (tertiary/aromatic N) is 1. The molecule has 2 unspecified atom stereocenters. The second kappa shape index (κ2) is 4.37. The van der Waals surface area contributed by atoms with E-state index in [1.54, 1.807) is 0 Å². The number of hydrogen-bond acceptors (Lipinski definition) is 4. The largest absolute Gasteiger partial charge is 0.380 e. The average Bonchev–Trinajstić information content (AvgIpc) is 2.19. The first-order valence-electron chi connectivity index (χ1n) is 5.79. The highest BCUT2D eigenvalue weighted by molar-refractivity contribution is 4.94. The first kappa shape index (κ1) is 11.3. The van der Waals surface area contributed by atoms with Gasteiger partial charge in [-0.2, -0.15) is 0 Å². The van der Waals surface area contributed by atoms with Crippen molar-refractivity contribution in [3.05, 3.63) is 0 Å². The van der Waals surface area contributed by atoms with Crippen LogP contribution in [0.2, 0.25) is 0 Å². The normalized spacial score (nSPS) is 37.8. The molecule has 15 heavy (non-hydrogen) atoms. The Morgan fingerprint density at radius 3 is 2.73 bits per heavy atom. The van der Waals surface area contributed by atoms with Crippen molar-refractivity contribution in [1.82, 2.24) is 4.90 Å². The molecule has 2 aliphatic rings. The summed E-state index contributed by atoms with van der Waals surface area (Å²) in [5.41, 5.74) is 6.25. The van der Waals surface area contributed by atoms with E-state index in [-0.39, 0.29) is 11.6 Å². The van der Waals surface area contributed by atoms with Crippen LogP contribution in [0.15, 0.2) is 0 Å². The fourth-order valence-electron chi connectivity index (χ4n) is 2.55. The number of rotatable bonds is 1. The van der Waals surface area contributed by atoms with Crippen LogP contribution >= 0.6 is 0 Å². The van der Waals surface area contributed by atoms with Crippen molar-refractivity contribution in [1.29, 1.82) is 0 Å². The van der Waals surface area contributed by atoms with E-state index in [9.17, 15) is 0 Å². The molecule has 0 aliphatic carbocycles. The monoisotopic (exact) mass is 214 g/mol. The van der Waals surface area contributed by atoms with Crippen molar-refractivity contribution in [2.24, 2.45) is 5.73 Å². The van der Waals surface area contributed by atoms with Crippen molar-refractivity contribution in [3.63, 3.8) is 0 Å². The molecule has 0 aromatic carbocycles. The van der Waals surface area contributed by atoms with Gasteiger partial charge in [-0.15, -0.1) is 0 Å². The van der Waals surface area contributed by atoms with Gasteiger partial charge in [-0.1, -0.05) is 0 Å². The fourth-order valence-corrected chi connectivity index (χ4v) is 2.55. The predicted octanol–water partition coefficient (Wildman–Crippen LogP) is 0.213. The van der Waals surface area contributed by atoms with Crippen LogP contribution in [-0.2, 0) is 9.47 Å². The van der Waals surface area contributed by atoms with Crippen molar-refractivity contribution >= 4 is 0 Å². The summed E-state index contributed by atoms with van der Waals surface area (Å²) >= 11 is 0. The molecule has 0 saturated carbocycles. The summed E-state index contributed by atoms with van der Waals surface area (Å²) in [5.74, 6) is 0. The molecule has 4 nitrogen and oxygen atoms in total. The Morgan fingerprint density at radius 2 is 2.07 bits per heavy atom. The molecule has 2 saturated heterocycles. The topological polar surface area (TPSA) is 47.7 Å². The van der Waals surface area contributed by atoms with E-state index in [2.05, 4.69) is 18.7 Å². The molecular formula is C11H22N2O2. The molecular weight excluding hydrogens is 192 g/mol. The Kier molecular flexibility index (Phi) is 3.30. The Bertz CT molecular complexity index is 221. The third-order valence-electron chi connectivity index (χ3n) is 3.49. The zero-order valence-corrected chi connectivity index (χ0v) is 9.74. The van der Waals surface area contributed by atoms with E-state index in [0.29, 0.717) is 6.04 Å². The number of hydrogen-bond donors (Lipinski definition) is 1. The van der Waals surface area contributed by atoms with E-state index in [1.165, 1.54) is 0 Å². The van der Waals surface area contributed by atoms with Gasteiger partial charge in [0.15, 0.2) is 0 Å². The summed E-state index contributed by atoms with van der Waals surface area (Å²) in [6.07, 6.45) is 0.970. The molecule has 2 fully saturated rings. The van der Waals surface area contributed by atoms with Gasteiger partial charge in [0, 0.05) is 30.8 Å². The van der Waals surface area contributed by atoms with Crippen LogP contribution in [0.3, 0.4) is 0 Å². The smallest absolute Gasteiger partial charge is 0.0645 e. The highest BCUT2D eigenvalue weighted by atomic mass is 16.5. The summed E-state index contributed by atoms with van der Waals surface area (Å²) in [4.78, 5) is 2.46. The molecule has 0 bridgehead atoms.